The molecule has 5 nitrogen and oxygen atoms in total. The van der Waals surface area contributed by atoms with Gasteiger partial charge in [-0.15, -0.1) is 24.8 Å². The summed E-state index contributed by atoms with van der Waals surface area (Å²) in [5.41, 5.74) is 7.64. The van der Waals surface area contributed by atoms with E-state index < -0.39 is 0 Å². The Labute approximate surface area is 136 Å². The minimum absolute atomic E-state index is 0. The number of hydrogen-bond acceptors (Lipinski definition) is 5. The van der Waals surface area contributed by atoms with Gasteiger partial charge in [0.15, 0.2) is 0 Å². The fourth-order valence-corrected chi connectivity index (χ4v) is 2.35. The number of halogens is 2. The van der Waals surface area contributed by atoms with E-state index in [9.17, 15) is 0 Å². The second-order valence-corrected chi connectivity index (χ2v) is 4.86. The summed E-state index contributed by atoms with van der Waals surface area (Å²) in [5.74, 6) is 1.34. The Kier molecular flexibility index (Phi) is 7.11. The first-order valence-corrected chi connectivity index (χ1v) is 6.73. The molecule has 2 heterocycles. The molecule has 0 bridgehead atoms. The van der Waals surface area contributed by atoms with E-state index in [2.05, 4.69) is 15.5 Å². The van der Waals surface area contributed by atoms with Crippen LogP contribution in [0.25, 0.3) is 11.4 Å². The van der Waals surface area contributed by atoms with E-state index in [1.165, 1.54) is 12.8 Å². The van der Waals surface area contributed by atoms with Gasteiger partial charge in [-0.05, 0) is 24.9 Å². The van der Waals surface area contributed by atoms with Gasteiger partial charge in [-0.3, -0.25) is 0 Å². The third-order valence-electron chi connectivity index (χ3n) is 3.50. The molecule has 21 heavy (non-hydrogen) atoms. The molecule has 1 atom stereocenters. The predicted octanol–water partition coefficient (Wildman–Crippen LogP) is 2.85. The zero-order chi connectivity index (χ0) is 13.1. The van der Waals surface area contributed by atoms with Crippen molar-refractivity contribution >= 4 is 24.8 Å². The van der Waals surface area contributed by atoms with Crippen LogP contribution in [0.1, 0.15) is 36.8 Å². The molecule has 1 aromatic carbocycles. The van der Waals surface area contributed by atoms with Crippen molar-refractivity contribution in [2.24, 2.45) is 5.73 Å². The van der Waals surface area contributed by atoms with E-state index in [-0.39, 0.29) is 30.9 Å². The number of nitrogens with one attached hydrogen (secondary N) is 1. The number of nitrogens with zero attached hydrogens (tertiary/aromatic N) is 2. The van der Waals surface area contributed by atoms with E-state index in [0.29, 0.717) is 18.3 Å². The molecule has 0 unspecified atom stereocenters. The molecule has 1 saturated heterocycles. The summed E-state index contributed by atoms with van der Waals surface area (Å²) in [4.78, 5) is 4.49. The SMILES string of the molecule is Cl.Cl.NCc1ccc(-c2noc([C@@H]3CCCCN3)n2)cc1. The second kappa shape index (κ2) is 8.34. The lowest BCUT2D eigenvalue weighted by Crippen LogP contribution is -2.26. The molecule has 0 radical (unpaired) electrons. The van der Waals surface area contributed by atoms with E-state index >= 15 is 0 Å². The summed E-state index contributed by atoms with van der Waals surface area (Å²) < 4.78 is 5.37. The molecule has 2 aromatic rings. The smallest absolute Gasteiger partial charge is 0.244 e. The molecule has 1 aliphatic heterocycles. The molecular weight excluding hydrogens is 311 g/mol. The fraction of sp³-hybridized carbons (Fsp3) is 0.429. The summed E-state index contributed by atoms with van der Waals surface area (Å²) in [7, 11) is 0. The van der Waals surface area contributed by atoms with Crippen molar-refractivity contribution in [3.8, 4) is 11.4 Å². The first-order valence-electron chi connectivity index (χ1n) is 6.73. The minimum Gasteiger partial charge on any atom is -0.337 e. The number of hydrogen-bond donors (Lipinski definition) is 2. The van der Waals surface area contributed by atoms with Gasteiger partial charge in [0.25, 0.3) is 0 Å². The summed E-state index contributed by atoms with van der Waals surface area (Å²) in [6, 6.07) is 8.14. The number of rotatable bonds is 3. The molecule has 7 heteroatoms. The van der Waals surface area contributed by atoms with E-state index in [0.717, 1.165) is 24.1 Å². The van der Waals surface area contributed by atoms with Gasteiger partial charge in [-0.25, -0.2) is 0 Å². The zero-order valence-corrected chi connectivity index (χ0v) is 13.3. The average Bonchev–Trinajstić information content (AvgIpc) is 2.98. The van der Waals surface area contributed by atoms with Crippen LogP contribution in [-0.2, 0) is 6.54 Å². The zero-order valence-electron chi connectivity index (χ0n) is 11.6. The maximum absolute atomic E-state index is 5.58. The lowest BCUT2D eigenvalue weighted by atomic mass is 10.1. The monoisotopic (exact) mass is 330 g/mol. The molecule has 0 spiro atoms. The largest absolute Gasteiger partial charge is 0.337 e. The highest BCUT2D eigenvalue weighted by Gasteiger charge is 2.21. The summed E-state index contributed by atoms with van der Waals surface area (Å²) in [6.45, 7) is 1.57. The Balaban J connectivity index is 0.00000110. The molecular formula is C14H20Cl2N4O. The van der Waals surface area contributed by atoms with Crippen molar-refractivity contribution in [1.82, 2.24) is 15.5 Å². The summed E-state index contributed by atoms with van der Waals surface area (Å²) in [5, 5.41) is 7.47. The van der Waals surface area contributed by atoms with Crippen molar-refractivity contribution in [3.63, 3.8) is 0 Å². The quantitative estimate of drug-likeness (QED) is 0.904. The van der Waals surface area contributed by atoms with Crippen LogP contribution in [0.2, 0.25) is 0 Å². The van der Waals surface area contributed by atoms with Crippen molar-refractivity contribution in [3.05, 3.63) is 35.7 Å². The van der Waals surface area contributed by atoms with Gasteiger partial charge in [0.1, 0.15) is 0 Å². The fourth-order valence-electron chi connectivity index (χ4n) is 2.35. The molecule has 3 rings (SSSR count). The predicted molar refractivity (Wildman–Crippen MR) is 86.7 cm³/mol. The maximum atomic E-state index is 5.58. The van der Waals surface area contributed by atoms with Crippen LogP contribution in [0.15, 0.2) is 28.8 Å². The van der Waals surface area contributed by atoms with Crippen molar-refractivity contribution in [1.29, 1.82) is 0 Å². The summed E-state index contributed by atoms with van der Waals surface area (Å²) in [6.07, 6.45) is 3.49. The topological polar surface area (TPSA) is 77.0 Å². The van der Waals surface area contributed by atoms with Crippen LogP contribution >= 0.6 is 24.8 Å². The molecule has 116 valence electrons. The van der Waals surface area contributed by atoms with Crippen molar-refractivity contribution in [2.75, 3.05) is 6.54 Å². The van der Waals surface area contributed by atoms with E-state index in [1.54, 1.807) is 0 Å². The van der Waals surface area contributed by atoms with Crippen molar-refractivity contribution in [2.45, 2.75) is 31.8 Å². The van der Waals surface area contributed by atoms with Crippen LogP contribution in [0.3, 0.4) is 0 Å². The standard InChI is InChI=1S/C14H18N4O.2ClH/c15-9-10-4-6-11(7-5-10)13-17-14(19-18-13)12-3-1-2-8-16-12;;/h4-7,12,16H,1-3,8-9,15H2;2*1H/t12-;;/m0../s1. The van der Waals surface area contributed by atoms with Crippen LogP contribution in [0, 0.1) is 0 Å². The third-order valence-corrected chi connectivity index (χ3v) is 3.50. The average molecular weight is 331 g/mol. The Morgan fingerprint density at radius 1 is 1.19 bits per heavy atom. The van der Waals surface area contributed by atoms with E-state index in [1.807, 2.05) is 24.3 Å². The van der Waals surface area contributed by atoms with Gasteiger partial charge < -0.3 is 15.6 Å². The lowest BCUT2D eigenvalue weighted by Gasteiger charge is -2.19. The Morgan fingerprint density at radius 2 is 1.95 bits per heavy atom. The minimum atomic E-state index is 0. The van der Waals surface area contributed by atoms with Gasteiger partial charge in [0.2, 0.25) is 11.7 Å². The first kappa shape index (κ1) is 17.9. The highest BCUT2D eigenvalue weighted by molar-refractivity contribution is 5.85. The molecule has 0 saturated carbocycles. The van der Waals surface area contributed by atoms with Crippen LogP contribution in [0.5, 0.6) is 0 Å². The number of aromatic nitrogens is 2. The maximum Gasteiger partial charge on any atom is 0.244 e. The highest BCUT2D eigenvalue weighted by Crippen LogP contribution is 2.24. The summed E-state index contributed by atoms with van der Waals surface area (Å²) >= 11 is 0. The molecule has 1 fully saturated rings. The molecule has 1 aliphatic rings. The van der Waals surface area contributed by atoms with Gasteiger partial charge >= 0.3 is 0 Å². The molecule has 0 aliphatic carbocycles. The molecule has 3 N–H and O–H groups in total. The van der Waals surface area contributed by atoms with Gasteiger partial charge in [-0.2, -0.15) is 4.98 Å². The molecule has 1 aromatic heterocycles. The first-order chi connectivity index (χ1) is 9.36. The van der Waals surface area contributed by atoms with Gasteiger partial charge in [0, 0.05) is 12.1 Å². The molecule has 0 amide bonds. The second-order valence-electron chi connectivity index (χ2n) is 4.86. The van der Waals surface area contributed by atoms with Gasteiger partial charge in [0.05, 0.1) is 6.04 Å². The Bertz CT molecular complexity index is 538. The lowest BCUT2D eigenvalue weighted by molar-refractivity contribution is 0.297. The number of nitrogens with two attached hydrogens (primary N) is 1. The Morgan fingerprint density at radius 3 is 2.57 bits per heavy atom. The van der Waals surface area contributed by atoms with Gasteiger partial charge in [-0.1, -0.05) is 35.8 Å². The van der Waals surface area contributed by atoms with Crippen LogP contribution in [0.4, 0.5) is 0 Å². The van der Waals surface area contributed by atoms with Crippen LogP contribution in [-0.4, -0.2) is 16.7 Å². The van der Waals surface area contributed by atoms with Crippen LogP contribution < -0.4 is 11.1 Å². The Hall–Kier alpha value is -1.14. The van der Waals surface area contributed by atoms with E-state index in [4.69, 9.17) is 10.3 Å². The normalized spacial score (nSPS) is 17.7. The third kappa shape index (κ3) is 4.17. The highest BCUT2D eigenvalue weighted by atomic mass is 35.5. The number of piperidine rings is 1. The number of benzene rings is 1. The van der Waals surface area contributed by atoms with Crippen molar-refractivity contribution < 1.29 is 4.52 Å².